The molecule has 0 aromatic carbocycles. The van der Waals surface area contributed by atoms with Crippen LogP contribution in [0.3, 0.4) is 0 Å². The molecule has 0 aliphatic rings. The first kappa shape index (κ1) is 13.9. The first-order valence-electron chi connectivity index (χ1n) is 5.01. The molecule has 0 aliphatic carbocycles. The van der Waals surface area contributed by atoms with Crippen LogP contribution in [0.5, 0.6) is 0 Å². The maximum Gasteiger partial charge on any atom is 0.185 e. The number of furan rings is 2. The first-order valence-corrected chi connectivity index (χ1v) is 5.01. The molecule has 0 aliphatic heterocycles. The zero-order chi connectivity index (χ0) is 13.4. The van der Waals surface area contributed by atoms with Gasteiger partial charge in [0.1, 0.15) is 0 Å². The van der Waals surface area contributed by atoms with E-state index in [1.165, 1.54) is 12.5 Å². The first-order chi connectivity index (χ1) is 8.76. The van der Waals surface area contributed by atoms with Gasteiger partial charge in [0.15, 0.2) is 24.1 Å². The van der Waals surface area contributed by atoms with Gasteiger partial charge in [-0.15, -0.1) is 0 Å². The summed E-state index contributed by atoms with van der Waals surface area (Å²) in [7, 11) is 0. The van der Waals surface area contributed by atoms with Crippen molar-refractivity contribution in [3.05, 3.63) is 47.3 Å². The van der Waals surface area contributed by atoms with Crippen LogP contribution in [0.15, 0.2) is 33.5 Å². The summed E-state index contributed by atoms with van der Waals surface area (Å²) in [6, 6.07) is 3.12. The van der Waals surface area contributed by atoms with Gasteiger partial charge >= 0.3 is 0 Å². The van der Waals surface area contributed by atoms with Crippen LogP contribution in [-0.4, -0.2) is 22.8 Å². The van der Waals surface area contributed by atoms with Crippen LogP contribution in [0.2, 0.25) is 0 Å². The van der Waals surface area contributed by atoms with Crippen LogP contribution in [0.1, 0.15) is 32.2 Å². The maximum absolute atomic E-state index is 10.0. The minimum absolute atomic E-state index is 0.148. The maximum atomic E-state index is 10.0. The molecule has 2 rings (SSSR count). The Labute approximate surface area is 102 Å². The van der Waals surface area contributed by atoms with Crippen LogP contribution < -0.4 is 0 Å². The topological polar surface area (TPSA) is 101 Å². The lowest BCUT2D eigenvalue weighted by molar-refractivity contribution is 0.109. The number of aliphatic hydroxyl groups is 2. The van der Waals surface area contributed by atoms with Gasteiger partial charge in [-0.05, 0) is 12.1 Å². The Morgan fingerprint density at radius 1 is 0.889 bits per heavy atom. The number of aldehydes is 2. The van der Waals surface area contributed by atoms with E-state index in [4.69, 9.17) is 10.2 Å². The van der Waals surface area contributed by atoms with E-state index in [1.54, 1.807) is 12.1 Å². The Balaban J connectivity index is 0.000000180. The summed E-state index contributed by atoms with van der Waals surface area (Å²) < 4.78 is 9.35. The second-order valence-electron chi connectivity index (χ2n) is 3.17. The molecule has 0 bridgehead atoms. The van der Waals surface area contributed by atoms with Crippen molar-refractivity contribution in [1.82, 2.24) is 0 Å². The summed E-state index contributed by atoms with van der Waals surface area (Å²) in [5, 5.41) is 17.0. The smallest absolute Gasteiger partial charge is 0.185 e. The molecule has 0 amide bonds. The van der Waals surface area contributed by atoms with Gasteiger partial charge in [0, 0.05) is 11.1 Å². The number of rotatable bonds is 4. The van der Waals surface area contributed by atoms with E-state index < -0.39 is 0 Å². The SMILES string of the molecule is O=Cc1occc1CO.O=Cc1occc1CO. The lowest BCUT2D eigenvalue weighted by Gasteiger charge is -1.85. The molecule has 2 aromatic heterocycles. The predicted molar refractivity (Wildman–Crippen MR) is 60.0 cm³/mol. The number of hydrogen-bond donors (Lipinski definition) is 2. The molecule has 2 heterocycles. The molecule has 0 saturated carbocycles. The monoisotopic (exact) mass is 252 g/mol. The Kier molecular flexibility index (Phi) is 5.56. The number of carbonyl (C=O) groups excluding carboxylic acids is 2. The molecule has 6 heteroatoms. The molecule has 0 radical (unpaired) electrons. The second kappa shape index (κ2) is 7.21. The lowest BCUT2D eigenvalue weighted by Crippen LogP contribution is -1.84. The van der Waals surface area contributed by atoms with Crippen molar-refractivity contribution in [3.8, 4) is 0 Å². The highest BCUT2D eigenvalue weighted by molar-refractivity contribution is 5.73. The number of hydrogen-bond acceptors (Lipinski definition) is 6. The molecule has 0 fully saturated rings. The zero-order valence-corrected chi connectivity index (χ0v) is 9.41. The summed E-state index contributed by atoms with van der Waals surface area (Å²) in [6.07, 6.45) is 3.89. The molecule has 0 atom stereocenters. The second-order valence-corrected chi connectivity index (χ2v) is 3.17. The van der Waals surface area contributed by atoms with Gasteiger partial charge in [-0.3, -0.25) is 9.59 Å². The van der Waals surface area contributed by atoms with Gasteiger partial charge in [0.25, 0.3) is 0 Å². The van der Waals surface area contributed by atoms with Crippen molar-refractivity contribution < 1.29 is 28.6 Å². The van der Waals surface area contributed by atoms with E-state index in [0.717, 1.165) is 0 Å². The van der Waals surface area contributed by atoms with Crippen molar-refractivity contribution in [2.24, 2.45) is 0 Å². The number of carbonyl (C=O) groups is 2. The molecule has 96 valence electrons. The van der Waals surface area contributed by atoms with Gasteiger partial charge in [-0.2, -0.15) is 0 Å². The van der Waals surface area contributed by atoms with E-state index >= 15 is 0 Å². The fraction of sp³-hybridized carbons (Fsp3) is 0.167. The van der Waals surface area contributed by atoms with E-state index in [1.807, 2.05) is 0 Å². The third-order valence-corrected chi connectivity index (χ3v) is 2.12. The summed E-state index contributed by atoms with van der Waals surface area (Å²) in [5.74, 6) is 0.412. The normalized spacial score (nSPS) is 9.44. The van der Waals surface area contributed by atoms with Crippen molar-refractivity contribution in [3.63, 3.8) is 0 Å². The highest BCUT2D eigenvalue weighted by atomic mass is 16.3. The highest BCUT2D eigenvalue weighted by Crippen LogP contribution is 2.06. The van der Waals surface area contributed by atoms with Crippen LogP contribution >= 0.6 is 0 Å². The minimum Gasteiger partial charge on any atom is -0.461 e. The molecule has 6 nitrogen and oxygen atoms in total. The van der Waals surface area contributed by atoms with Crippen molar-refractivity contribution in [1.29, 1.82) is 0 Å². The third-order valence-electron chi connectivity index (χ3n) is 2.12. The zero-order valence-electron chi connectivity index (χ0n) is 9.41. The largest absolute Gasteiger partial charge is 0.461 e. The van der Waals surface area contributed by atoms with Crippen LogP contribution in [0.25, 0.3) is 0 Å². The van der Waals surface area contributed by atoms with Crippen molar-refractivity contribution >= 4 is 12.6 Å². The molecule has 2 N–H and O–H groups in total. The molecule has 0 unspecified atom stereocenters. The summed E-state index contributed by atoms with van der Waals surface area (Å²) in [5.41, 5.74) is 1.06. The fourth-order valence-electron chi connectivity index (χ4n) is 1.16. The average Bonchev–Trinajstić information content (AvgIpc) is 3.06. The van der Waals surface area contributed by atoms with Crippen LogP contribution in [0, 0.1) is 0 Å². The molecular weight excluding hydrogens is 240 g/mol. The fourth-order valence-corrected chi connectivity index (χ4v) is 1.16. The van der Waals surface area contributed by atoms with Gasteiger partial charge in [0.2, 0.25) is 0 Å². The van der Waals surface area contributed by atoms with Gasteiger partial charge in [0.05, 0.1) is 25.7 Å². The number of aliphatic hydroxyl groups excluding tert-OH is 2. The van der Waals surface area contributed by atoms with Gasteiger partial charge in [-0.25, -0.2) is 0 Å². The van der Waals surface area contributed by atoms with Crippen LogP contribution in [0.4, 0.5) is 0 Å². The van der Waals surface area contributed by atoms with Crippen molar-refractivity contribution in [2.45, 2.75) is 13.2 Å². The van der Waals surface area contributed by atoms with Crippen molar-refractivity contribution in [2.75, 3.05) is 0 Å². The standard InChI is InChI=1S/2C6H6O3/c2*7-3-5-1-2-9-6(5)4-8/h2*1-2,4,7H,3H2. The average molecular weight is 252 g/mol. The minimum atomic E-state index is -0.148. The molecule has 18 heavy (non-hydrogen) atoms. The Bertz CT molecular complexity index is 450. The van der Waals surface area contributed by atoms with Gasteiger partial charge < -0.3 is 19.0 Å². The summed E-state index contributed by atoms with van der Waals surface area (Å²) >= 11 is 0. The molecule has 0 saturated heterocycles. The Morgan fingerprint density at radius 3 is 1.50 bits per heavy atom. The Hall–Kier alpha value is -2.18. The summed E-state index contributed by atoms with van der Waals surface area (Å²) in [4.78, 5) is 20.1. The molecule has 0 spiro atoms. The summed E-state index contributed by atoms with van der Waals surface area (Å²) in [6.45, 7) is -0.296. The molecular formula is C12H12O6. The van der Waals surface area contributed by atoms with E-state index in [9.17, 15) is 9.59 Å². The van der Waals surface area contributed by atoms with Crippen LogP contribution in [-0.2, 0) is 13.2 Å². The Morgan fingerprint density at radius 2 is 1.28 bits per heavy atom. The highest BCUT2D eigenvalue weighted by Gasteiger charge is 2.01. The predicted octanol–water partition coefficient (Wildman–Crippen LogP) is 1.17. The third kappa shape index (κ3) is 3.41. The lowest BCUT2D eigenvalue weighted by atomic mass is 10.3. The van der Waals surface area contributed by atoms with E-state index in [-0.39, 0.29) is 24.7 Å². The quantitative estimate of drug-likeness (QED) is 0.792. The van der Waals surface area contributed by atoms with Gasteiger partial charge in [-0.1, -0.05) is 0 Å². The molecule has 2 aromatic rings. The van der Waals surface area contributed by atoms with E-state index in [0.29, 0.717) is 23.7 Å². The van der Waals surface area contributed by atoms with E-state index in [2.05, 4.69) is 8.83 Å².